The third-order valence-corrected chi connectivity index (χ3v) is 3.75. The largest absolute Gasteiger partial charge is 0.434 e. The van der Waals surface area contributed by atoms with Gasteiger partial charge in [0, 0.05) is 18.1 Å². The number of thiazole rings is 1. The number of fused-ring (bicyclic) bond motifs is 1. The van der Waals surface area contributed by atoms with Crippen molar-refractivity contribution in [2.24, 2.45) is 0 Å². The second-order valence-electron chi connectivity index (χ2n) is 4.35. The van der Waals surface area contributed by atoms with E-state index in [9.17, 15) is 8.78 Å². The number of nitrogens with one attached hydrogen (secondary N) is 1. The molecule has 0 radical (unpaired) electrons. The van der Waals surface area contributed by atoms with Crippen LogP contribution in [0.5, 0.6) is 11.6 Å². The molecule has 0 fully saturated rings. The molecule has 0 spiro atoms. The standard InChI is InChI=1S/C14H13F2N3OS/c1-2-17-8-10-13(18-14-19(10)6-7-21-14)20-11-5-3-4-9(15)12(11)16/h3-7,17H,2,8H2,1H3. The predicted molar refractivity (Wildman–Crippen MR) is 76.9 cm³/mol. The lowest BCUT2D eigenvalue weighted by Gasteiger charge is -2.07. The zero-order valence-corrected chi connectivity index (χ0v) is 12.1. The molecular formula is C14H13F2N3OS. The van der Waals surface area contributed by atoms with Gasteiger partial charge in [-0.25, -0.2) is 4.39 Å². The zero-order chi connectivity index (χ0) is 14.8. The number of nitrogens with zero attached hydrogens (tertiary/aromatic N) is 2. The third-order valence-electron chi connectivity index (χ3n) is 2.99. The molecule has 4 nitrogen and oxygen atoms in total. The highest BCUT2D eigenvalue weighted by Crippen LogP contribution is 2.30. The number of rotatable bonds is 5. The maximum absolute atomic E-state index is 13.7. The molecule has 0 aliphatic carbocycles. The van der Waals surface area contributed by atoms with E-state index in [2.05, 4.69) is 10.3 Å². The lowest BCUT2D eigenvalue weighted by molar-refractivity contribution is 0.402. The SMILES string of the molecule is CCNCc1c(Oc2cccc(F)c2F)nc2sccn12. The first kappa shape index (κ1) is 14.0. The van der Waals surface area contributed by atoms with E-state index in [-0.39, 0.29) is 11.6 Å². The average molecular weight is 309 g/mol. The van der Waals surface area contributed by atoms with Gasteiger partial charge in [-0.1, -0.05) is 13.0 Å². The van der Waals surface area contributed by atoms with Crippen LogP contribution in [0.4, 0.5) is 8.78 Å². The Bertz CT molecular complexity index is 769. The fourth-order valence-corrected chi connectivity index (χ4v) is 2.69. The maximum Gasteiger partial charge on any atom is 0.243 e. The molecule has 3 aromatic rings. The van der Waals surface area contributed by atoms with E-state index in [0.29, 0.717) is 6.54 Å². The van der Waals surface area contributed by atoms with E-state index in [4.69, 9.17) is 4.74 Å². The molecule has 21 heavy (non-hydrogen) atoms. The monoisotopic (exact) mass is 309 g/mol. The van der Waals surface area contributed by atoms with Gasteiger partial charge in [0.2, 0.25) is 11.7 Å². The minimum absolute atomic E-state index is 0.168. The smallest absolute Gasteiger partial charge is 0.243 e. The molecule has 0 saturated carbocycles. The molecule has 1 N–H and O–H groups in total. The van der Waals surface area contributed by atoms with Crippen LogP contribution in [0.1, 0.15) is 12.6 Å². The van der Waals surface area contributed by atoms with Crippen LogP contribution in [-0.2, 0) is 6.54 Å². The first-order valence-electron chi connectivity index (χ1n) is 6.47. The summed E-state index contributed by atoms with van der Waals surface area (Å²) in [5.41, 5.74) is 0.775. The molecule has 0 aliphatic heterocycles. The second-order valence-corrected chi connectivity index (χ2v) is 5.23. The van der Waals surface area contributed by atoms with Gasteiger partial charge in [0.1, 0.15) is 5.69 Å². The topological polar surface area (TPSA) is 38.6 Å². The molecule has 0 amide bonds. The lowest BCUT2D eigenvalue weighted by Crippen LogP contribution is -2.13. The van der Waals surface area contributed by atoms with Crippen molar-refractivity contribution in [3.05, 3.63) is 47.1 Å². The molecule has 7 heteroatoms. The van der Waals surface area contributed by atoms with Crippen molar-refractivity contribution in [1.29, 1.82) is 0 Å². The molecule has 110 valence electrons. The van der Waals surface area contributed by atoms with Crippen molar-refractivity contribution in [2.75, 3.05) is 6.54 Å². The molecule has 3 rings (SSSR count). The molecule has 0 atom stereocenters. The number of imidazole rings is 1. The fraction of sp³-hybridized carbons (Fsp3) is 0.214. The van der Waals surface area contributed by atoms with Gasteiger partial charge in [-0.3, -0.25) is 4.40 Å². The number of benzene rings is 1. The molecule has 2 aromatic heterocycles. The van der Waals surface area contributed by atoms with Crippen LogP contribution in [0.15, 0.2) is 29.8 Å². The first-order chi connectivity index (χ1) is 10.2. The van der Waals surface area contributed by atoms with Crippen molar-refractivity contribution in [2.45, 2.75) is 13.5 Å². The Kier molecular flexibility index (Phi) is 3.85. The van der Waals surface area contributed by atoms with Gasteiger partial charge in [0.05, 0.1) is 0 Å². The number of halogens is 2. The van der Waals surface area contributed by atoms with Gasteiger partial charge in [0.15, 0.2) is 16.5 Å². The Morgan fingerprint density at radius 2 is 2.24 bits per heavy atom. The minimum atomic E-state index is -1.01. The van der Waals surface area contributed by atoms with E-state index >= 15 is 0 Å². The third kappa shape index (κ3) is 2.62. The quantitative estimate of drug-likeness (QED) is 0.783. The molecule has 0 aliphatic rings. The van der Waals surface area contributed by atoms with Crippen LogP contribution >= 0.6 is 11.3 Å². The van der Waals surface area contributed by atoms with Crippen LogP contribution in [0.25, 0.3) is 4.96 Å². The van der Waals surface area contributed by atoms with E-state index in [1.54, 1.807) is 0 Å². The zero-order valence-electron chi connectivity index (χ0n) is 11.3. The summed E-state index contributed by atoms with van der Waals surface area (Å²) in [6.07, 6.45) is 1.87. The van der Waals surface area contributed by atoms with E-state index in [0.717, 1.165) is 23.3 Å². The molecule has 2 heterocycles. The van der Waals surface area contributed by atoms with Crippen molar-refractivity contribution >= 4 is 16.3 Å². The summed E-state index contributed by atoms with van der Waals surface area (Å²) in [5.74, 6) is -1.84. The summed E-state index contributed by atoms with van der Waals surface area (Å²) in [6.45, 7) is 3.30. The Morgan fingerprint density at radius 3 is 3.05 bits per heavy atom. The van der Waals surface area contributed by atoms with Crippen LogP contribution < -0.4 is 10.1 Å². The van der Waals surface area contributed by atoms with E-state index in [1.807, 2.05) is 22.9 Å². The number of aromatic nitrogens is 2. The fourth-order valence-electron chi connectivity index (χ4n) is 1.97. The number of hydrogen-bond donors (Lipinski definition) is 1. The molecule has 0 bridgehead atoms. The molecular weight excluding hydrogens is 296 g/mol. The van der Waals surface area contributed by atoms with Gasteiger partial charge in [0.25, 0.3) is 0 Å². The summed E-state index contributed by atoms with van der Waals surface area (Å²) in [7, 11) is 0. The van der Waals surface area contributed by atoms with Crippen molar-refractivity contribution in [3.63, 3.8) is 0 Å². The normalized spacial score (nSPS) is 11.2. The number of hydrogen-bond acceptors (Lipinski definition) is 4. The van der Waals surface area contributed by atoms with Crippen LogP contribution in [0, 0.1) is 11.6 Å². The lowest BCUT2D eigenvalue weighted by atomic mass is 10.3. The Labute approximate surface area is 124 Å². The maximum atomic E-state index is 13.7. The van der Waals surface area contributed by atoms with Crippen LogP contribution in [0.2, 0.25) is 0 Å². The highest BCUT2D eigenvalue weighted by Gasteiger charge is 2.17. The van der Waals surface area contributed by atoms with Gasteiger partial charge in [-0.15, -0.1) is 11.3 Å². The van der Waals surface area contributed by atoms with E-state index in [1.165, 1.54) is 23.5 Å². The highest BCUT2D eigenvalue weighted by molar-refractivity contribution is 7.15. The first-order valence-corrected chi connectivity index (χ1v) is 7.35. The van der Waals surface area contributed by atoms with Crippen LogP contribution in [-0.4, -0.2) is 15.9 Å². The Morgan fingerprint density at radius 1 is 1.38 bits per heavy atom. The Hall–Kier alpha value is -1.99. The molecule has 0 unspecified atom stereocenters. The summed E-state index contributed by atoms with van der Waals surface area (Å²) in [4.78, 5) is 5.07. The van der Waals surface area contributed by atoms with Crippen molar-refractivity contribution in [1.82, 2.24) is 14.7 Å². The summed E-state index contributed by atoms with van der Waals surface area (Å²) < 4.78 is 34.3. The summed E-state index contributed by atoms with van der Waals surface area (Å²) in [6, 6.07) is 3.83. The van der Waals surface area contributed by atoms with Crippen LogP contribution in [0.3, 0.4) is 0 Å². The molecule has 1 aromatic carbocycles. The molecule has 0 saturated heterocycles. The van der Waals surface area contributed by atoms with Gasteiger partial charge >= 0.3 is 0 Å². The van der Waals surface area contributed by atoms with Crippen molar-refractivity contribution in [3.8, 4) is 11.6 Å². The van der Waals surface area contributed by atoms with Crippen molar-refractivity contribution < 1.29 is 13.5 Å². The second kappa shape index (κ2) is 5.79. The Balaban J connectivity index is 1.99. The summed E-state index contributed by atoms with van der Waals surface area (Å²) >= 11 is 1.45. The highest BCUT2D eigenvalue weighted by atomic mass is 32.1. The van der Waals surface area contributed by atoms with Gasteiger partial charge < -0.3 is 10.1 Å². The van der Waals surface area contributed by atoms with Gasteiger partial charge in [-0.2, -0.15) is 9.37 Å². The average Bonchev–Trinajstić information content (AvgIpc) is 3.03. The number of ether oxygens (including phenoxy) is 1. The van der Waals surface area contributed by atoms with E-state index < -0.39 is 11.6 Å². The summed E-state index contributed by atoms with van der Waals surface area (Å²) in [5, 5.41) is 5.09. The minimum Gasteiger partial charge on any atom is -0.434 e. The predicted octanol–water partition coefficient (Wildman–Crippen LogP) is 3.58. The van der Waals surface area contributed by atoms with Gasteiger partial charge in [-0.05, 0) is 18.7 Å².